The molecule has 0 heterocycles. The van der Waals surface area contributed by atoms with Crippen molar-refractivity contribution >= 4 is 23.7 Å². The van der Waals surface area contributed by atoms with Crippen LogP contribution in [0.3, 0.4) is 0 Å². The third kappa shape index (κ3) is 12.0. The minimum absolute atomic E-state index is 0.0177. The molecule has 0 saturated carbocycles. The van der Waals surface area contributed by atoms with E-state index in [2.05, 4.69) is 16.0 Å². The summed E-state index contributed by atoms with van der Waals surface area (Å²) in [4.78, 5) is 51.4. The molecule has 0 saturated heterocycles. The van der Waals surface area contributed by atoms with Gasteiger partial charge in [0.25, 0.3) is 0 Å². The number of benzene rings is 2. The van der Waals surface area contributed by atoms with Crippen LogP contribution in [0.15, 0.2) is 54.6 Å². The number of rotatable bonds is 17. The van der Waals surface area contributed by atoms with Crippen molar-refractivity contribution in [3.63, 3.8) is 0 Å². The lowest BCUT2D eigenvalue weighted by molar-refractivity contribution is -0.142. The van der Waals surface area contributed by atoms with E-state index in [4.69, 9.17) is 11.5 Å². The molecule has 41 heavy (non-hydrogen) atoms. The van der Waals surface area contributed by atoms with E-state index in [1.165, 1.54) is 12.1 Å². The number of nitrogens with one attached hydrogen (secondary N) is 3. The van der Waals surface area contributed by atoms with Crippen LogP contribution in [0.2, 0.25) is 0 Å². The Labute approximate surface area is 241 Å². The van der Waals surface area contributed by atoms with Crippen molar-refractivity contribution in [3.05, 3.63) is 65.7 Å². The highest BCUT2D eigenvalue weighted by atomic mass is 16.4. The number of phenolic OH excluding ortho intramolecular Hbond substituents is 1. The van der Waals surface area contributed by atoms with E-state index in [0.29, 0.717) is 37.8 Å². The summed E-state index contributed by atoms with van der Waals surface area (Å²) in [7, 11) is 0. The second-order valence-corrected chi connectivity index (χ2v) is 10.6. The van der Waals surface area contributed by atoms with Gasteiger partial charge in [0.1, 0.15) is 23.9 Å². The van der Waals surface area contributed by atoms with Gasteiger partial charge in [-0.15, -0.1) is 0 Å². The molecule has 0 aliphatic carbocycles. The molecular weight excluding hydrogens is 526 g/mol. The van der Waals surface area contributed by atoms with Gasteiger partial charge in [0.05, 0.1) is 6.04 Å². The number of carboxylic acids is 1. The molecule has 2 rings (SSSR count). The lowest BCUT2D eigenvalue weighted by Gasteiger charge is -2.26. The van der Waals surface area contributed by atoms with Crippen molar-refractivity contribution in [2.24, 2.45) is 17.4 Å². The van der Waals surface area contributed by atoms with E-state index >= 15 is 0 Å². The third-order valence-electron chi connectivity index (χ3n) is 6.55. The van der Waals surface area contributed by atoms with E-state index in [0.717, 1.165) is 5.56 Å². The molecule has 3 amide bonds. The molecular formula is C30H43N5O6. The van der Waals surface area contributed by atoms with Gasteiger partial charge in [0, 0.05) is 6.42 Å². The standard InChI is InChI=1S/C30H43N5O6/c1-19(2)16-25(34-27(37)23(32)17-20-8-4-3-5-9-20)29(39)33-24(10-6-7-15-31)28(38)35-26(30(40)41)18-21-11-13-22(36)14-12-21/h3-5,8-9,11-14,19,23-26,36H,6-7,10,15-18,31-32H2,1-2H3,(H,33,39)(H,34,37)(H,35,38)(H,40,41). The van der Waals surface area contributed by atoms with Crippen LogP contribution in [-0.4, -0.2) is 64.6 Å². The van der Waals surface area contributed by atoms with Gasteiger partial charge < -0.3 is 37.6 Å². The summed E-state index contributed by atoms with van der Waals surface area (Å²) in [5, 5.41) is 27.2. The van der Waals surface area contributed by atoms with Crippen LogP contribution in [0.5, 0.6) is 5.75 Å². The number of carboxylic acid groups (broad SMARTS) is 1. The number of aromatic hydroxyl groups is 1. The molecule has 2 aromatic carbocycles. The average molecular weight is 570 g/mol. The molecule has 0 aliphatic heterocycles. The summed E-state index contributed by atoms with van der Waals surface area (Å²) in [5.41, 5.74) is 13.2. The molecule has 9 N–H and O–H groups in total. The maximum atomic E-state index is 13.4. The number of phenols is 1. The van der Waals surface area contributed by atoms with E-state index in [-0.39, 0.29) is 24.5 Å². The van der Waals surface area contributed by atoms with Crippen LogP contribution >= 0.6 is 0 Å². The lowest BCUT2D eigenvalue weighted by atomic mass is 10.00. The molecule has 0 aromatic heterocycles. The molecule has 4 atom stereocenters. The Kier molecular flexibility index (Phi) is 13.8. The van der Waals surface area contributed by atoms with Gasteiger partial charge in [0.15, 0.2) is 0 Å². The minimum atomic E-state index is -1.26. The van der Waals surface area contributed by atoms with Crippen LogP contribution in [0.4, 0.5) is 0 Å². The number of hydrogen-bond acceptors (Lipinski definition) is 7. The van der Waals surface area contributed by atoms with E-state index < -0.39 is 47.9 Å². The Bertz CT molecular complexity index is 1130. The molecule has 4 unspecified atom stereocenters. The van der Waals surface area contributed by atoms with E-state index in [9.17, 15) is 29.4 Å². The zero-order valence-corrected chi connectivity index (χ0v) is 23.7. The number of unbranched alkanes of at least 4 members (excludes halogenated alkanes) is 1. The predicted molar refractivity (Wildman–Crippen MR) is 156 cm³/mol. The van der Waals surface area contributed by atoms with Gasteiger partial charge in [0.2, 0.25) is 17.7 Å². The fourth-order valence-corrected chi connectivity index (χ4v) is 4.32. The van der Waals surface area contributed by atoms with Gasteiger partial charge >= 0.3 is 5.97 Å². The fourth-order valence-electron chi connectivity index (χ4n) is 4.32. The Morgan fingerprint density at radius 3 is 1.90 bits per heavy atom. The number of hydrogen-bond donors (Lipinski definition) is 7. The first-order valence-electron chi connectivity index (χ1n) is 13.9. The first-order chi connectivity index (χ1) is 19.5. The van der Waals surface area contributed by atoms with Crippen LogP contribution in [0, 0.1) is 5.92 Å². The van der Waals surface area contributed by atoms with E-state index in [1.807, 2.05) is 44.2 Å². The highest BCUT2D eigenvalue weighted by Crippen LogP contribution is 2.13. The minimum Gasteiger partial charge on any atom is -0.508 e. The van der Waals surface area contributed by atoms with Crippen LogP contribution in [-0.2, 0) is 32.0 Å². The highest BCUT2D eigenvalue weighted by molar-refractivity contribution is 5.94. The molecule has 0 bridgehead atoms. The second-order valence-electron chi connectivity index (χ2n) is 10.6. The SMILES string of the molecule is CC(C)CC(NC(=O)C(N)Cc1ccccc1)C(=O)NC(CCCCN)C(=O)NC(Cc1ccc(O)cc1)C(=O)O. The zero-order chi connectivity index (χ0) is 30.4. The first kappa shape index (κ1) is 33.2. The Balaban J connectivity index is 2.13. The highest BCUT2D eigenvalue weighted by Gasteiger charge is 2.30. The summed E-state index contributed by atoms with van der Waals surface area (Å²) in [5.74, 6) is -2.86. The monoisotopic (exact) mass is 569 g/mol. The summed E-state index contributed by atoms with van der Waals surface area (Å²) in [6.07, 6.45) is 1.95. The maximum absolute atomic E-state index is 13.4. The van der Waals surface area contributed by atoms with Crippen molar-refractivity contribution in [2.75, 3.05) is 6.54 Å². The van der Waals surface area contributed by atoms with Crippen LogP contribution in [0.1, 0.15) is 50.7 Å². The molecule has 2 aromatic rings. The number of nitrogens with two attached hydrogens (primary N) is 2. The molecule has 11 nitrogen and oxygen atoms in total. The topological polar surface area (TPSA) is 197 Å². The maximum Gasteiger partial charge on any atom is 0.326 e. The normalized spacial score (nSPS) is 14.0. The van der Waals surface area contributed by atoms with Crippen LogP contribution < -0.4 is 27.4 Å². The summed E-state index contributed by atoms with van der Waals surface area (Å²) in [6.45, 7) is 4.21. The van der Waals surface area contributed by atoms with Gasteiger partial charge in [-0.25, -0.2) is 4.79 Å². The van der Waals surface area contributed by atoms with Crippen molar-refractivity contribution in [1.82, 2.24) is 16.0 Å². The van der Waals surface area contributed by atoms with Gasteiger partial charge in [-0.1, -0.05) is 56.3 Å². The van der Waals surface area contributed by atoms with Crippen molar-refractivity contribution in [2.45, 2.75) is 76.5 Å². The number of aliphatic carboxylic acids is 1. The average Bonchev–Trinajstić information content (AvgIpc) is 2.93. The predicted octanol–water partition coefficient (Wildman–Crippen LogP) is 1.22. The lowest BCUT2D eigenvalue weighted by Crippen LogP contribution is -2.57. The molecule has 0 aliphatic rings. The number of carbonyl (C=O) groups excluding carboxylic acids is 3. The summed E-state index contributed by atoms with van der Waals surface area (Å²) in [6, 6.07) is 11.2. The van der Waals surface area contributed by atoms with Gasteiger partial charge in [-0.05, 0) is 67.8 Å². The van der Waals surface area contributed by atoms with Crippen LogP contribution in [0.25, 0.3) is 0 Å². The molecule has 0 fully saturated rings. The quantitative estimate of drug-likeness (QED) is 0.138. The molecule has 224 valence electrons. The Morgan fingerprint density at radius 2 is 1.32 bits per heavy atom. The zero-order valence-electron chi connectivity index (χ0n) is 23.7. The van der Waals surface area contributed by atoms with Gasteiger partial charge in [-0.2, -0.15) is 0 Å². The Morgan fingerprint density at radius 1 is 0.756 bits per heavy atom. The smallest absolute Gasteiger partial charge is 0.326 e. The summed E-state index contributed by atoms with van der Waals surface area (Å²) >= 11 is 0. The van der Waals surface area contributed by atoms with Crippen molar-refractivity contribution in [1.29, 1.82) is 0 Å². The summed E-state index contributed by atoms with van der Waals surface area (Å²) < 4.78 is 0. The molecule has 11 heteroatoms. The Hall–Kier alpha value is -3.96. The largest absolute Gasteiger partial charge is 0.508 e. The van der Waals surface area contributed by atoms with Crippen molar-refractivity contribution in [3.8, 4) is 5.75 Å². The number of carbonyl (C=O) groups is 4. The first-order valence-corrected chi connectivity index (χ1v) is 13.9. The molecule has 0 radical (unpaired) electrons. The molecule has 0 spiro atoms. The van der Waals surface area contributed by atoms with Gasteiger partial charge in [-0.3, -0.25) is 14.4 Å². The second kappa shape index (κ2) is 17.0. The third-order valence-corrected chi connectivity index (χ3v) is 6.55. The fraction of sp³-hybridized carbons (Fsp3) is 0.467. The van der Waals surface area contributed by atoms with Crippen molar-refractivity contribution < 1.29 is 29.4 Å². The van der Waals surface area contributed by atoms with E-state index in [1.54, 1.807) is 12.1 Å². The number of amides is 3.